The highest BCUT2D eigenvalue weighted by Crippen LogP contribution is 2.30. The lowest BCUT2D eigenvalue weighted by molar-refractivity contribution is -0.385. The maximum atomic E-state index is 12.0. The van der Waals surface area contributed by atoms with Crippen LogP contribution in [0.4, 0.5) is 24.5 Å². The molecule has 0 aliphatic heterocycles. The minimum atomic E-state index is -4.05. The number of hydrogen-bond donors (Lipinski definition) is 1. The molecular formula is C16H22BrF3N2O2. The van der Waals surface area contributed by atoms with Crippen molar-refractivity contribution in [3.63, 3.8) is 0 Å². The van der Waals surface area contributed by atoms with Crippen molar-refractivity contribution < 1.29 is 18.1 Å². The minimum Gasteiger partial charge on any atom is -0.398 e. The Morgan fingerprint density at radius 3 is 2.12 bits per heavy atom. The number of benzene rings is 1. The summed E-state index contributed by atoms with van der Waals surface area (Å²) in [7, 11) is 0. The minimum absolute atomic E-state index is 0.00994. The molecule has 0 amide bonds. The highest BCUT2D eigenvalue weighted by atomic mass is 79.9. The van der Waals surface area contributed by atoms with Crippen molar-refractivity contribution in [1.82, 2.24) is 0 Å². The first-order valence-electron chi connectivity index (χ1n) is 8.00. The van der Waals surface area contributed by atoms with E-state index in [4.69, 9.17) is 5.73 Å². The molecule has 1 aromatic carbocycles. The number of nitrogens with zero attached hydrogens (tertiary/aromatic N) is 1. The van der Waals surface area contributed by atoms with Crippen molar-refractivity contribution in [3.05, 3.63) is 32.3 Å². The van der Waals surface area contributed by atoms with Crippen molar-refractivity contribution in [1.29, 1.82) is 0 Å². The molecule has 0 bridgehead atoms. The number of nitro benzene ring substituents is 1. The number of non-ortho nitro benzene ring substituents is 1. The van der Waals surface area contributed by atoms with Crippen LogP contribution in [0.2, 0.25) is 0 Å². The van der Waals surface area contributed by atoms with Gasteiger partial charge in [0, 0.05) is 28.7 Å². The number of alkyl halides is 3. The Balaban J connectivity index is 2.23. The van der Waals surface area contributed by atoms with E-state index in [1.807, 2.05) is 0 Å². The number of hydrogen-bond acceptors (Lipinski definition) is 3. The number of nitro groups is 1. The molecule has 8 heteroatoms. The molecule has 0 heterocycles. The average Bonchev–Trinajstić information content (AvgIpc) is 2.48. The fourth-order valence-electron chi connectivity index (χ4n) is 2.50. The summed E-state index contributed by atoms with van der Waals surface area (Å²) in [5, 5.41) is 10.9. The first-order valence-corrected chi connectivity index (χ1v) is 8.79. The maximum Gasteiger partial charge on any atom is 0.389 e. The van der Waals surface area contributed by atoms with Gasteiger partial charge in [0.2, 0.25) is 0 Å². The Hall–Kier alpha value is -1.31. The number of nitrogens with two attached hydrogens (primary N) is 1. The zero-order valence-electron chi connectivity index (χ0n) is 13.4. The van der Waals surface area contributed by atoms with Gasteiger partial charge in [0.15, 0.2) is 0 Å². The van der Waals surface area contributed by atoms with Crippen LogP contribution in [0.1, 0.15) is 56.9 Å². The molecule has 0 saturated carbocycles. The molecule has 136 valence electrons. The SMILES string of the molecule is Nc1c(Br)cc([N+](=O)[O-])cc1CCCCCCCCCC(F)(F)F. The fraction of sp³-hybridized carbons (Fsp3) is 0.625. The van der Waals surface area contributed by atoms with E-state index in [1.165, 1.54) is 12.1 Å². The zero-order valence-corrected chi connectivity index (χ0v) is 15.0. The van der Waals surface area contributed by atoms with Gasteiger partial charge in [0.25, 0.3) is 5.69 Å². The molecule has 0 spiro atoms. The van der Waals surface area contributed by atoms with Crippen molar-refractivity contribution >= 4 is 27.3 Å². The molecule has 0 aliphatic carbocycles. The van der Waals surface area contributed by atoms with Crippen LogP contribution in [0.5, 0.6) is 0 Å². The van der Waals surface area contributed by atoms with Gasteiger partial charge in [-0.2, -0.15) is 13.2 Å². The summed E-state index contributed by atoms with van der Waals surface area (Å²) in [6.07, 6.45) is 1.14. The van der Waals surface area contributed by atoms with Crippen LogP contribution in [0.3, 0.4) is 0 Å². The molecule has 2 N–H and O–H groups in total. The molecule has 0 fully saturated rings. The third-order valence-electron chi connectivity index (χ3n) is 3.82. The fourth-order valence-corrected chi connectivity index (χ4v) is 2.99. The van der Waals surface area contributed by atoms with Gasteiger partial charge in [-0.15, -0.1) is 0 Å². The van der Waals surface area contributed by atoms with Crippen LogP contribution < -0.4 is 5.73 Å². The first kappa shape index (κ1) is 20.7. The molecule has 1 rings (SSSR count). The predicted molar refractivity (Wildman–Crippen MR) is 91.9 cm³/mol. The van der Waals surface area contributed by atoms with E-state index in [2.05, 4.69) is 15.9 Å². The van der Waals surface area contributed by atoms with Crippen LogP contribution in [0.25, 0.3) is 0 Å². The van der Waals surface area contributed by atoms with Crippen LogP contribution in [0, 0.1) is 10.1 Å². The summed E-state index contributed by atoms with van der Waals surface area (Å²) in [5.41, 5.74) is 7.20. The number of unbranched alkanes of at least 4 members (excludes halogenated alkanes) is 6. The van der Waals surface area contributed by atoms with Crippen molar-refractivity contribution in [3.8, 4) is 0 Å². The number of halogens is 4. The topological polar surface area (TPSA) is 69.2 Å². The third kappa shape index (κ3) is 7.99. The summed E-state index contributed by atoms with van der Waals surface area (Å²) in [4.78, 5) is 10.4. The first-order chi connectivity index (χ1) is 11.2. The van der Waals surface area contributed by atoms with Crippen LogP contribution >= 0.6 is 15.9 Å². The molecule has 0 unspecified atom stereocenters. The molecular weight excluding hydrogens is 389 g/mol. The second-order valence-electron chi connectivity index (χ2n) is 5.85. The number of rotatable bonds is 10. The van der Waals surface area contributed by atoms with E-state index in [1.54, 1.807) is 0 Å². The summed E-state index contributed by atoms with van der Waals surface area (Å²) >= 11 is 3.23. The Morgan fingerprint density at radius 1 is 1.04 bits per heavy atom. The lowest BCUT2D eigenvalue weighted by atomic mass is 10.0. The molecule has 1 aromatic rings. The Morgan fingerprint density at radius 2 is 1.58 bits per heavy atom. The van der Waals surface area contributed by atoms with Gasteiger partial charge < -0.3 is 5.73 Å². The summed E-state index contributed by atoms with van der Waals surface area (Å²) < 4.78 is 36.5. The van der Waals surface area contributed by atoms with Crippen molar-refractivity contribution in [2.45, 2.75) is 64.0 Å². The van der Waals surface area contributed by atoms with Crippen molar-refractivity contribution in [2.24, 2.45) is 0 Å². The number of aryl methyl sites for hydroxylation is 1. The molecule has 0 atom stereocenters. The average molecular weight is 411 g/mol. The van der Waals surface area contributed by atoms with E-state index in [-0.39, 0.29) is 12.1 Å². The van der Waals surface area contributed by atoms with E-state index < -0.39 is 17.5 Å². The van der Waals surface area contributed by atoms with E-state index in [0.717, 1.165) is 37.7 Å². The van der Waals surface area contributed by atoms with E-state index in [0.29, 0.717) is 23.0 Å². The molecule has 4 nitrogen and oxygen atoms in total. The van der Waals surface area contributed by atoms with Gasteiger partial charge in [-0.05, 0) is 40.8 Å². The van der Waals surface area contributed by atoms with Gasteiger partial charge >= 0.3 is 6.18 Å². The summed E-state index contributed by atoms with van der Waals surface area (Å²) in [6, 6.07) is 2.89. The van der Waals surface area contributed by atoms with Gasteiger partial charge in [-0.25, -0.2) is 0 Å². The number of anilines is 1. The normalized spacial score (nSPS) is 11.7. The van der Waals surface area contributed by atoms with Gasteiger partial charge in [-0.1, -0.05) is 32.1 Å². The third-order valence-corrected chi connectivity index (χ3v) is 4.47. The molecule has 0 aromatic heterocycles. The number of nitrogen functional groups attached to an aromatic ring is 1. The molecule has 0 radical (unpaired) electrons. The molecule has 0 aliphatic rings. The summed E-state index contributed by atoms with van der Waals surface area (Å²) in [6.45, 7) is 0. The smallest absolute Gasteiger partial charge is 0.389 e. The van der Waals surface area contributed by atoms with Gasteiger partial charge in [-0.3, -0.25) is 10.1 Å². The molecule has 24 heavy (non-hydrogen) atoms. The van der Waals surface area contributed by atoms with Crippen molar-refractivity contribution in [2.75, 3.05) is 5.73 Å². The Bertz CT molecular complexity index is 551. The lowest BCUT2D eigenvalue weighted by Gasteiger charge is -2.08. The second-order valence-corrected chi connectivity index (χ2v) is 6.70. The zero-order chi connectivity index (χ0) is 18.2. The highest BCUT2D eigenvalue weighted by molar-refractivity contribution is 9.10. The monoisotopic (exact) mass is 410 g/mol. The standard InChI is InChI=1S/C16H22BrF3N2O2/c17-14-11-13(22(23)24)10-12(15(14)21)8-6-4-2-1-3-5-7-9-16(18,19)20/h10-11H,1-9,21H2. The van der Waals surface area contributed by atoms with Crippen LogP contribution in [0.15, 0.2) is 16.6 Å². The Kier molecular flexibility index (Phi) is 8.52. The van der Waals surface area contributed by atoms with Crippen LogP contribution in [-0.4, -0.2) is 11.1 Å². The lowest BCUT2D eigenvalue weighted by Crippen LogP contribution is -2.06. The highest BCUT2D eigenvalue weighted by Gasteiger charge is 2.25. The second kappa shape index (κ2) is 9.86. The van der Waals surface area contributed by atoms with Gasteiger partial charge in [0.1, 0.15) is 0 Å². The maximum absolute atomic E-state index is 12.0. The van der Waals surface area contributed by atoms with Gasteiger partial charge in [0.05, 0.1) is 4.92 Å². The largest absolute Gasteiger partial charge is 0.398 e. The Labute approximate surface area is 147 Å². The molecule has 0 saturated heterocycles. The summed E-state index contributed by atoms with van der Waals surface area (Å²) in [5.74, 6) is 0. The van der Waals surface area contributed by atoms with E-state index in [9.17, 15) is 23.3 Å². The van der Waals surface area contributed by atoms with E-state index >= 15 is 0 Å². The van der Waals surface area contributed by atoms with Crippen LogP contribution in [-0.2, 0) is 6.42 Å². The predicted octanol–water partition coefficient (Wildman–Crippen LogP) is 6.17. The quantitative estimate of drug-likeness (QED) is 0.217.